The summed E-state index contributed by atoms with van der Waals surface area (Å²) in [5.41, 5.74) is 4.22. The Morgan fingerprint density at radius 1 is 0.759 bits per heavy atom. The Bertz CT molecular complexity index is 820. The van der Waals surface area contributed by atoms with Crippen LogP contribution in [-0.2, 0) is 10.3 Å². The predicted molar refractivity (Wildman–Crippen MR) is 127 cm³/mol. The molecule has 0 saturated carbocycles. The number of halogens is 1. The lowest BCUT2D eigenvalue weighted by Crippen LogP contribution is -2.34. The zero-order chi connectivity index (χ0) is 20.5. The predicted octanol–water partition coefficient (Wildman–Crippen LogP) is 8.03. The summed E-state index contributed by atoms with van der Waals surface area (Å²) in [6.07, 6.45) is 4.84. The molecule has 0 fully saturated rings. The molecule has 0 aromatic heterocycles. The number of hydrogen-bond donors (Lipinski definition) is 0. The van der Waals surface area contributed by atoms with Gasteiger partial charge < -0.3 is 4.74 Å². The maximum Gasteiger partial charge on any atom is 0.144 e. The van der Waals surface area contributed by atoms with E-state index in [9.17, 15) is 0 Å². The minimum Gasteiger partial charge on any atom is -0.361 e. The minimum absolute atomic E-state index is 0.303. The first-order valence-corrected chi connectivity index (χ1v) is 11.6. The molecule has 0 aliphatic rings. The zero-order valence-corrected chi connectivity index (χ0v) is 19.1. The van der Waals surface area contributed by atoms with Crippen LogP contribution in [0.3, 0.4) is 0 Å². The fourth-order valence-electron chi connectivity index (χ4n) is 4.10. The van der Waals surface area contributed by atoms with Crippen molar-refractivity contribution >= 4 is 15.9 Å². The molecule has 0 N–H and O–H groups in total. The molecular formula is C27H31BrO. The molecule has 29 heavy (non-hydrogen) atoms. The standard InChI is InChI=1S/C27H31BrO/c1-3-5-8-21-26(28)24-19-13-14-20-25(24)27(29-4-2,22-15-9-6-10-16-22)23-17-11-7-12-18-23/h6-7,9-20,26H,3-5,8,21H2,1-2H3. The van der Waals surface area contributed by atoms with Gasteiger partial charge in [-0.15, -0.1) is 0 Å². The van der Waals surface area contributed by atoms with Crippen LogP contribution in [0.15, 0.2) is 84.9 Å². The molecule has 1 unspecified atom stereocenters. The second kappa shape index (κ2) is 10.8. The highest BCUT2D eigenvalue weighted by Crippen LogP contribution is 2.45. The second-order valence-electron chi connectivity index (χ2n) is 7.40. The summed E-state index contributed by atoms with van der Waals surface area (Å²) in [5.74, 6) is 0. The van der Waals surface area contributed by atoms with E-state index in [0.717, 1.165) is 17.5 Å². The van der Waals surface area contributed by atoms with Gasteiger partial charge in [-0.3, -0.25) is 0 Å². The fraction of sp³-hybridized carbons (Fsp3) is 0.333. The van der Waals surface area contributed by atoms with Crippen molar-refractivity contribution in [3.05, 3.63) is 107 Å². The molecule has 0 aliphatic carbocycles. The highest BCUT2D eigenvalue weighted by molar-refractivity contribution is 9.09. The van der Waals surface area contributed by atoms with Gasteiger partial charge in [-0.2, -0.15) is 0 Å². The van der Waals surface area contributed by atoms with Crippen molar-refractivity contribution < 1.29 is 4.74 Å². The van der Waals surface area contributed by atoms with E-state index in [1.54, 1.807) is 0 Å². The quantitative estimate of drug-likeness (QED) is 0.172. The van der Waals surface area contributed by atoms with Gasteiger partial charge in [0.15, 0.2) is 0 Å². The minimum atomic E-state index is -0.634. The van der Waals surface area contributed by atoms with Gasteiger partial charge in [-0.05, 0) is 35.6 Å². The van der Waals surface area contributed by atoms with Crippen molar-refractivity contribution in [2.75, 3.05) is 6.61 Å². The summed E-state index contributed by atoms with van der Waals surface area (Å²) in [5, 5.41) is 0. The third kappa shape index (κ3) is 4.82. The van der Waals surface area contributed by atoms with Crippen LogP contribution in [0.4, 0.5) is 0 Å². The van der Waals surface area contributed by atoms with Crippen molar-refractivity contribution in [1.29, 1.82) is 0 Å². The average molecular weight is 451 g/mol. The van der Waals surface area contributed by atoms with Gasteiger partial charge in [-0.25, -0.2) is 0 Å². The monoisotopic (exact) mass is 450 g/mol. The molecular weight excluding hydrogens is 420 g/mol. The Morgan fingerprint density at radius 2 is 1.31 bits per heavy atom. The first-order valence-electron chi connectivity index (χ1n) is 10.7. The summed E-state index contributed by atoms with van der Waals surface area (Å²) in [6, 6.07) is 30.0. The van der Waals surface area contributed by atoms with Crippen LogP contribution in [0.5, 0.6) is 0 Å². The van der Waals surface area contributed by atoms with Gasteiger partial charge in [-0.1, -0.05) is 127 Å². The highest BCUT2D eigenvalue weighted by atomic mass is 79.9. The van der Waals surface area contributed by atoms with Gasteiger partial charge in [0.1, 0.15) is 5.60 Å². The molecule has 0 bridgehead atoms. The molecule has 0 spiro atoms. The van der Waals surface area contributed by atoms with E-state index < -0.39 is 5.60 Å². The van der Waals surface area contributed by atoms with E-state index >= 15 is 0 Å². The summed E-state index contributed by atoms with van der Waals surface area (Å²) >= 11 is 4.00. The van der Waals surface area contributed by atoms with Crippen molar-refractivity contribution in [3.8, 4) is 0 Å². The number of hydrogen-bond acceptors (Lipinski definition) is 1. The Kier molecular flexibility index (Phi) is 8.09. The molecule has 3 rings (SSSR count). The second-order valence-corrected chi connectivity index (χ2v) is 8.50. The average Bonchev–Trinajstić information content (AvgIpc) is 2.79. The molecule has 0 saturated heterocycles. The van der Waals surface area contributed by atoms with Crippen molar-refractivity contribution in [2.45, 2.75) is 50.0 Å². The van der Waals surface area contributed by atoms with Crippen LogP contribution < -0.4 is 0 Å². The first kappa shape index (κ1) is 21.8. The van der Waals surface area contributed by atoms with Crippen LogP contribution >= 0.6 is 15.9 Å². The number of unbranched alkanes of at least 4 members (excludes halogenated alkanes) is 2. The Labute approximate surface area is 184 Å². The van der Waals surface area contributed by atoms with Crippen LogP contribution in [-0.4, -0.2) is 6.61 Å². The molecule has 1 nitrogen and oxygen atoms in total. The highest BCUT2D eigenvalue weighted by Gasteiger charge is 2.39. The number of benzene rings is 3. The smallest absolute Gasteiger partial charge is 0.144 e. The summed E-state index contributed by atoms with van der Waals surface area (Å²) in [7, 11) is 0. The van der Waals surface area contributed by atoms with Crippen molar-refractivity contribution in [2.24, 2.45) is 0 Å². The van der Waals surface area contributed by atoms with Crippen molar-refractivity contribution in [1.82, 2.24) is 0 Å². The number of ether oxygens (including phenoxy) is 1. The topological polar surface area (TPSA) is 9.23 Å². The molecule has 0 radical (unpaired) electrons. The van der Waals surface area contributed by atoms with Gasteiger partial charge >= 0.3 is 0 Å². The maximum absolute atomic E-state index is 6.68. The Balaban J connectivity index is 2.20. The Morgan fingerprint density at radius 3 is 1.86 bits per heavy atom. The van der Waals surface area contributed by atoms with E-state index in [2.05, 4.69) is 115 Å². The third-order valence-electron chi connectivity index (χ3n) is 5.46. The molecule has 0 heterocycles. The summed E-state index contributed by atoms with van der Waals surface area (Å²) < 4.78 is 6.68. The number of alkyl halides is 1. The molecule has 0 amide bonds. The fourth-order valence-corrected chi connectivity index (χ4v) is 4.83. The lowest BCUT2D eigenvalue weighted by molar-refractivity contribution is 0.0209. The van der Waals surface area contributed by atoms with Crippen LogP contribution in [0.25, 0.3) is 0 Å². The summed E-state index contributed by atoms with van der Waals surface area (Å²) in [6.45, 7) is 4.96. The van der Waals surface area contributed by atoms with Gasteiger partial charge in [0.25, 0.3) is 0 Å². The molecule has 2 heteroatoms. The van der Waals surface area contributed by atoms with Gasteiger partial charge in [0.05, 0.1) is 0 Å². The van der Waals surface area contributed by atoms with Crippen LogP contribution in [0.2, 0.25) is 0 Å². The molecule has 3 aromatic rings. The van der Waals surface area contributed by atoms with E-state index in [4.69, 9.17) is 4.74 Å². The Hall–Kier alpha value is -1.90. The molecule has 3 aromatic carbocycles. The SMILES string of the molecule is CCCCCC(Br)c1ccccc1C(OCC)(c1ccccc1)c1ccccc1. The lowest BCUT2D eigenvalue weighted by atomic mass is 9.77. The van der Waals surface area contributed by atoms with Gasteiger partial charge in [0, 0.05) is 11.4 Å². The maximum atomic E-state index is 6.68. The normalized spacial score (nSPS) is 12.7. The summed E-state index contributed by atoms with van der Waals surface area (Å²) in [4.78, 5) is 0.303. The van der Waals surface area contributed by atoms with Crippen molar-refractivity contribution in [3.63, 3.8) is 0 Å². The van der Waals surface area contributed by atoms with E-state index in [1.165, 1.54) is 30.4 Å². The first-order chi connectivity index (χ1) is 14.2. The largest absolute Gasteiger partial charge is 0.361 e. The van der Waals surface area contributed by atoms with E-state index in [0.29, 0.717) is 11.4 Å². The molecule has 152 valence electrons. The van der Waals surface area contributed by atoms with Gasteiger partial charge in [0.2, 0.25) is 0 Å². The zero-order valence-electron chi connectivity index (χ0n) is 17.5. The molecule has 0 aliphatic heterocycles. The van der Waals surface area contributed by atoms with E-state index in [-0.39, 0.29) is 0 Å². The van der Waals surface area contributed by atoms with Crippen LogP contribution in [0.1, 0.15) is 66.6 Å². The lowest BCUT2D eigenvalue weighted by Gasteiger charge is -2.37. The van der Waals surface area contributed by atoms with Crippen LogP contribution in [0, 0.1) is 0 Å². The molecule has 1 atom stereocenters. The van der Waals surface area contributed by atoms with E-state index in [1.807, 2.05) is 0 Å². The number of rotatable bonds is 10. The third-order valence-corrected chi connectivity index (χ3v) is 6.41.